The molecule has 0 radical (unpaired) electrons. The van der Waals surface area contributed by atoms with Crippen molar-refractivity contribution in [3.63, 3.8) is 0 Å². The molecule has 0 unspecified atom stereocenters. The van der Waals surface area contributed by atoms with Crippen molar-refractivity contribution in [3.05, 3.63) is 35.4 Å². The third kappa shape index (κ3) is 3.87. The maximum absolute atomic E-state index is 8.69. The van der Waals surface area contributed by atoms with Crippen LogP contribution in [0.4, 0.5) is 0 Å². The highest BCUT2D eigenvalue weighted by Gasteiger charge is 2.18. The zero-order valence-corrected chi connectivity index (χ0v) is 11.0. The van der Waals surface area contributed by atoms with Gasteiger partial charge in [0, 0.05) is 18.7 Å². The first-order chi connectivity index (χ1) is 8.78. The van der Waals surface area contributed by atoms with E-state index in [1.54, 1.807) is 0 Å². The smallest absolute Gasteiger partial charge is 0.104 e. The molecule has 1 aliphatic carbocycles. The lowest BCUT2D eigenvalue weighted by Gasteiger charge is -2.30. The second-order valence-electron chi connectivity index (χ2n) is 5.15. The van der Waals surface area contributed by atoms with Crippen molar-refractivity contribution in [2.24, 2.45) is 5.92 Å². The SMILES string of the molecule is CN(Cc1cccc(C#CCO)c1)CC1CCC1. The number of hydrogen-bond acceptors (Lipinski definition) is 2. The van der Waals surface area contributed by atoms with Crippen LogP contribution in [-0.4, -0.2) is 30.2 Å². The van der Waals surface area contributed by atoms with Crippen LogP contribution in [0.3, 0.4) is 0 Å². The van der Waals surface area contributed by atoms with E-state index in [4.69, 9.17) is 5.11 Å². The van der Waals surface area contributed by atoms with Gasteiger partial charge in [-0.3, -0.25) is 0 Å². The molecule has 1 fully saturated rings. The van der Waals surface area contributed by atoms with Crippen LogP contribution in [0.15, 0.2) is 24.3 Å². The summed E-state index contributed by atoms with van der Waals surface area (Å²) in [6.45, 7) is 2.10. The number of aliphatic hydroxyl groups excluding tert-OH is 1. The minimum atomic E-state index is -0.0776. The Balaban J connectivity index is 1.91. The third-order valence-electron chi connectivity index (χ3n) is 3.49. The highest BCUT2D eigenvalue weighted by Crippen LogP contribution is 2.27. The van der Waals surface area contributed by atoms with Crippen LogP contribution in [0, 0.1) is 17.8 Å². The molecule has 0 bridgehead atoms. The van der Waals surface area contributed by atoms with Gasteiger partial charge in [-0.05, 0) is 43.5 Å². The molecule has 1 aliphatic rings. The van der Waals surface area contributed by atoms with Gasteiger partial charge in [0.25, 0.3) is 0 Å². The first kappa shape index (κ1) is 13.1. The zero-order chi connectivity index (χ0) is 12.8. The summed E-state index contributed by atoms with van der Waals surface area (Å²) in [5, 5.41) is 8.69. The standard InChI is InChI=1S/C16H21NO/c1-17(12-15-6-3-7-15)13-16-8-2-5-14(11-16)9-4-10-18/h2,5,8,11,15,18H,3,6-7,10,12-13H2,1H3. The first-order valence-corrected chi connectivity index (χ1v) is 6.65. The molecule has 0 amide bonds. The second kappa shape index (κ2) is 6.58. The molecule has 2 rings (SSSR count). The molecule has 2 nitrogen and oxygen atoms in total. The molecule has 0 aromatic heterocycles. The first-order valence-electron chi connectivity index (χ1n) is 6.65. The van der Waals surface area contributed by atoms with E-state index >= 15 is 0 Å². The highest BCUT2D eigenvalue weighted by molar-refractivity contribution is 5.37. The van der Waals surface area contributed by atoms with Crippen molar-refractivity contribution in [1.29, 1.82) is 0 Å². The van der Waals surface area contributed by atoms with Crippen molar-refractivity contribution in [1.82, 2.24) is 4.90 Å². The van der Waals surface area contributed by atoms with Crippen molar-refractivity contribution in [3.8, 4) is 11.8 Å². The molecule has 1 aromatic carbocycles. The van der Waals surface area contributed by atoms with Crippen LogP contribution in [0.2, 0.25) is 0 Å². The summed E-state index contributed by atoms with van der Waals surface area (Å²) < 4.78 is 0. The van der Waals surface area contributed by atoms with Crippen molar-refractivity contribution in [2.75, 3.05) is 20.2 Å². The summed E-state index contributed by atoms with van der Waals surface area (Å²) in [5.41, 5.74) is 2.28. The lowest BCUT2D eigenvalue weighted by molar-refractivity contribution is 0.200. The Kier molecular flexibility index (Phi) is 4.81. The van der Waals surface area contributed by atoms with E-state index in [1.165, 1.54) is 31.4 Å². The Hall–Kier alpha value is -1.30. The Morgan fingerprint density at radius 3 is 2.89 bits per heavy atom. The van der Waals surface area contributed by atoms with Crippen molar-refractivity contribution < 1.29 is 5.11 Å². The molecule has 0 saturated heterocycles. The van der Waals surface area contributed by atoms with Crippen LogP contribution < -0.4 is 0 Å². The minimum Gasteiger partial charge on any atom is -0.384 e. The largest absolute Gasteiger partial charge is 0.384 e. The predicted octanol–water partition coefficient (Wildman–Crippen LogP) is 2.26. The van der Waals surface area contributed by atoms with Gasteiger partial charge in [-0.1, -0.05) is 30.4 Å². The average Bonchev–Trinajstić information content (AvgIpc) is 2.32. The molecule has 1 aromatic rings. The lowest BCUT2D eigenvalue weighted by Crippen LogP contribution is -2.29. The van der Waals surface area contributed by atoms with Crippen molar-refractivity contribution in [2.45, 2.75) is 25.8 Å². The van der Waals surface area contributed by atoms with E-state index in [-0.39, 0.29) is 6.61 Å². The quantitative estimate of drug-likeness (QED) is 0.820. The summed E-state index contributed by atoms with van der Waals surface area (Å²) in [5.74, 6) is 6.55. The molecule has 1 N–H and O–H groups in total. The van der Waals surface area contributed by atoms with Gasteiger partial charge in [-0.25, -0.2) is 0 Å². The van der Waals surface area contributed by atoms with Gasteiger partial charge < -0.3 is 10.0 Å². The highest BCUT2D eigenvalue weighted by atomic mass is 16.2. The summed E-state index contributed by atoms with van der Waals surface area (Å²) in [6, 6.07) is 8.27. The number of hydrogen-bond donors (Lipinski definition) is 1. The molecule has 18 heavy (non-hydrogen) atoms. The van der Waals surface area contributed by atoms with Gasteiger partial charge in [0.05, 0.1) is 0 Å². The predicted molar refractivity (Wildman–Crippen MR) is 74.1 cm³/mol. The monoisotopic (exact) mass is 243 g/mol. The van der Waals surface area contributed by atoms with Crippen LogP contribution in [0.5, 0.6) is 0 Å². The topological polar surface area (TPSA) is 23.5 Å². The molecule has 1 saturated carbocycles. The maximum Gasteiger partial charge on any atom is 0.104 e. The van der Waals surface area contributed by atoms with Crippen molar-refractivity contribution >= 4 is 0 Å². The normalized spacial score (nSPS) is 15.1. The van der Waals surface area contributed by atoms with E-state index in [2.05, 4.69) is 35.9 Å². The van der Waals surface area contributed by atoms with Gasteiger partial charge in [-0.15, -0.1) is 0 Å². The molecular weight excluding hydrogens is 222 g/mol. The summed E-state index contributed by atoms with van der Waals surface area (Å²) in [6.07, 6.45) is 4.20. The molecule has 2 heteroatoms. The summed E-state index contributed by atoms with van der Waals surface area (Å²) in [4.78, 5) is 2.39. The third-order valence-corrected chi connectivity index (χ3v) is 3.49. The van der Waals surface area contributed by atoms with Gasteiger partial charge in [-0.2, -0.15) is 0 Å². The van der Waals surface area contributed by atoms with Crippen LogP contribution in [-0.2, 0) is 6.54 Å². The molecule has 0 heterocycles. The summed E-state index contributed by atoms with van der Waals surface area (Å²) in [7, 11) is 2.18. The fraction of sp³-hybridized carbons (Fsp3) is 0.500. The Morgan fingerprint density at radius 2 is 2.22 bits per heavy atom. The molecule has 0 spiro atoms. The Labute approximate surface area is 110 Å². The number of rotatable bonds is 4. The molecule has 0 atom stereocenters. The maximum atomic E-state index is 8.69. The molecular formula is C16H21NO. The number of aliphatic hydroxyl groups is 1. The van der Waals surface area contributed by atoms with Gasteiger partial charge in [0.1, 0.15) is 6.61 Å². The summed E-state index contributed by atoms with van der Waals surface area (Å²) >= 11 is 0. The second-order valence-corrected chi connectivity index (χ2v) is 5.15. The van der Waals surface area contributed by atoms with Gasteiger partial charge in [0.15, 0.2) is 0 Å². The molecule has 0 aliphatic heterocycles. The Morgan fingerprint density at radius 1 is 1.39 bits per heavy atom. The fourth-order valence-corrected chi connectivity index (χ4v) is 2.38. The van der Waals surface area contributed by atoms with E-state index in [9.17, 15) is 0 Å². The zero-order valence-electron chi connectivity index (χ0n) is 11.0. The van der Waals surface area contributed by atoms with E-state index in [0.717, 1.165) is 18.0 Å². The fourth-order valence-electron chi connectivity index (χ4n) is 2.38. The van der Waals surface area contributed by atoms with Crippen LogP contribution in [0.25, 0.3) is 0 Å². The van der Waals surface area contributed by atoms with E-state index in [1.807, 2.05) is 12.1 Å². The van der Waals surface area contributed by atoms with E-state index in [0.29, 0.717) is 0 Å². The molecule has 96 valence electrons. The van der Waals surface area contributed by atoms with Gasteiger partial charge in [0.2, 0.25) is 0 Å². The average molecular weight is 243 g/mol. The lowest BCUT2D eigenvalue weighted by atomic mass is 9.85. The van der Waals surface area contributed by atoms with Crippen LogP contribution >= 0.6 is 0 Å². The minimum absolute atomic E-state index is 0.0776. The Bertz CT molecular complexity index is 440. The number of nitrogens with zero attached hydrogens (tertiary/aromatic N) is 1. The van der Waals surface area contributed by atoms with Crippen LogP contribution in [0.1, 0.15) is 30.4 Å². The number of benzene rings is 1. The van der Waals surface area contributed by atoms with E-state index < -0.39 is 0 Å². The van der Waals surface area contributed by atoms with Gasteiger partial charge >= 0.3 is 0 Å².